The van der Waals surface area contributed by atoms with E-state index in [1.54, 1.807) is 0 Å². The van der Waals surface area contributed by atoms with Gasteiger partial charge in [0.05, 0.1) is 0 Å². The first-order chi connectivity index (χ1) is 7.02. The van der Waals surface area contributed by atoms with Gasteiger partial charge in [0.2, 0.25) is 11.8 Å². The van der Waals surface area contributed by atoms with E-state index in [1.807, 2.05) is 14.1 Å². The number of rotatable bonds is 5. The Morgan fingerprint density at radius 3 is 2.27 bits per heavy atom. The molecule has 0 spiro atoms. The molecule has 0 aromatic rings. The van der Waals surface area contributed by atoms with Gasteiger partial charge in [-0.25, -0.2) is 0 Å². The minimum Gasteiger partial charge on any atom is -0.307 e. The summed E-state index contributed by atoms with van der Waals surface area (Å²) in [7, 11) is 4.08. The molecule has 0 bridgehead atoms. The summed E-state index contributed by atoms with van der Waals surface area (Å²) in [6, 6.07) is 0.498. The maximum atomic E-state index is 11.3. The quantitative estimate of drug-likeness (QED) is 0.635. The number of carbonyl (C=O) groups excluding carboxylic acids is 2. The van der Waals surface area contributed by atoms with Crippen LogP contribution in [0, 0.1) is 0 Å². The van der Waals surface area contributed by atoms with Gasteiger partial charge in [0.25, 0.3) is 0 Å². The van der Waals surface area contributed by atoms with Crippen LogP contribution in [-0.4, -0.2) is 48.3 Å². The zero-order valence-corrected chi connectivity index (χ0v) is 9.82. The maximum Gasteiger partial charge on any atom is 0.229 e. The number of nitrogens with zero attached hydrogens (tertiary/aromatic N) is 2. The van der Waals surface area contributed by atoms with E-state index in [4.69, 9.17) is 0 Å². The van der Waals surface area contributed by atoms with Crippen LogP contribution in [0.25, 0.3) is 0 Å². The van der Waals surface area contributed by atoms with Gasteiger partial charge in [-0.2, -0.15) is 0 Å². The number of carbonyl (C=O) groups is 2. The highest BCUT2D eigenvalue weighted by Crippen LogP contribution is 2.13. The number of likely N-dealkylation sites (tertiary alicyclic amines) is 1. The zero-order chi connectivity index (χ0) is 11.4. The molecule has 0 radical (unpaired) electrons. The van der Waals surface area contributed by atoms with Crippen molar-refractivity contribution in [3.05, 3.63) is 0 Å². The number of imide groups is 1. The fraction of sp³-hybridized carbons (Fsp3) is 0.818. The highest BCUT2D eigenvalue weighted by molar-refractivity contribution is 6.01. The summed E-state index contributed by atoms with van der Waals surface area (Å²) in [5.41, 5.74) is 0. The molecule has 1 atom stereocenters. The SMILES string of the molecule is CC(CCCN1C(=O)CCC1=O)N(C)C. The van der Waals surface area contributed by atoms with Crippen molar-refractivity contribution in [2.45, 2.75) is 38.6 Å². The van der Waals surface area contributed by atoms with E-state index < -0.39 is 0 Å². The van der Waals surface area contributed by atoms with Crippen LogP contribution in [0.15, 0.2) is 0 Å². The van der Waals surface area contributed by atoms with Crippen molar-refractivity contribution in [3.8, 4) is 0 Å². The Labute approximate surface area is 91.2 Å². The summed E-state index contributed by atoms with van der Waals surface area (Å²) < 4.78 is 0. The van der Waals surface area contributed by atoms with Gasteiger partial charge in [0.1, 0.15) is 0 Å². The number of hydrogen-bond acceptors (Lipinski definition) is 3. The van der Waals surface area contributed by atoms with Crippen molar-refractivity contribution in [3.63, 3.8) is 0 Å². The monoisotopic (exact) mass is 212 g/mol. The molecule has 0 aromatic carbocycles. The molecular formula is C11H20N2O2. The second-order valence-corrected chi connectivity index (χ2v) is 4.39. The molecule has 15 heavy (non-hydrogen) atoms. The van der Waals surface area contributed by atoms with E-state index in [1.165, 1.54) is 4.90 Å². The molecule has 0 aliphatic carbocycles. The molecule has 1 aliphatic heterocycles. The summed E-state index contributed by atoms with van der Waals surface area (Å²) in [6.07, 6.45) is 2.73. The molecule has 0 N–H and O–H groups in total. The van der Waals surface area contributed by atoms with E-state index in [2.05, 4.69) is 11.8 Å². The van der Waals surface area contributed by atoms with Gasteiger partial charge in [0, 0.05) is 25.4 Å². The lowest BCUT2D eigenvalue weighted by Gasteiger charge is -2.21. The molecule has 1 unspecified atom stereocenters. The largest absolute Gasteiger partial charge is 0.307 e. The van der Waals surface area contributed by atoms with Gasteiger partial charge in [-0.1, -0.05) is 0 Å². The van der Waals surface area contributed by atoms with Gasteiger partial charge in [-0.05, 0) is 33.9 Å². The molecule has 1 saturated heterocycles. The Bertz CT molecular complexity index is 235. The normalized spacial score (nSPS) is 19.1. The Kier molecular flexibility index (Phi) is 4.27. The van der Waals surface area contributed by atoms with E-state index in [0.29, 0.717) is 25.4 Å². The van der Waals surface area contributed by atoms with Crippen molar-refractivity contribution in [1.82, 2.24) is 9.80 Å². The lowest BCUT2D eigenvalue weighted by atomic mass is 10.1. The molecule has 1 aliphatic rings. The van der Waals surface area contributed by atoms with Gasteiger partial charge >= 0.3 is 0 Å². The minimum absolute atomic E-state index is 0.00231. The molecule has 4 heteroatoms. The van der Waals surface area contributed by atoms with E-state index >= 15 is 0 Å². The first-order valence-electron chi connectivity index (χ1n) is 5.52. The van der Waals surface area contributed by atoms with Gasteiger partial charge in [-0.15, -0.1) is 0 Å². The highest BCUT2D eigenvalue weighted by Gasteiger charge is 2.28. The Hall–Kier alpha value is -0.900. The first kappa shape index (κ1) is 12.2. The summed E-state index contributed by atoms with van der Waals surface area (Å²) in [6.45, 7) is 2.74. The molecular weight excluding hydrogens is 192 g/mol. The predicted octanol–water partition coefficient (Wildman–Crippen LogP) is 0.866. The highest BCUT2D eigenvalue weighted by atomic mass is 16.2. The van der Waals surface area contributed by atoms with Crippen molar-refractivity contribution in [1.29, 1.82) is 0 Å². The van der Waals surface area contributed by atoms with Crippen LogP contribution in [0.4, 0.5) is 0 Å². The molecule has 1 rings (SSSR count). The van der Waals surface area contributed by atoms with E-state index in [9.17, 15) is 9.59 Å². The second-order valence-electron chi connectivity index (χ2n) is 4.39. The Morgan fingerprint density at radius 2 is 1.80 bits per heavy atom. The molecule has 1 fully saturated rings. The van der Waals surface area contributed by atoms with Crippen molar-refractivity contribution < 1.29 is 9.59 Å². The maximum absolute atomic E-state index is 11.3. The Balaban J connectivity index is 2.25. The summed E-state index contributed by atoms with van der Waals surface area (Å²) in [5.74, 6) is -0.00462. The lowest BCUT2D eigenvalue weighted by molar-refractivity contribution is -0.138. The van der Waals surface area contributed by atoms with Gasteiger partial charge < -0.3 is 4.90 Å². The van der Waals surface area contributed by atoms with E-state index in [0.717, 1.165) is 12.8 Å². The lowest BCUT2D eigenvalue weighted by Crippen LogP contribution is -2.31. The summed E-state index contributed by atoms with van der Waals surface area (Å²) >= 11 is 0. The first-order valence-corrected chi connectivity index (χ1v) is 5.52. The van der Waals surface area contributed by atoms with Crippen molar-refractivity contribution in [2.75, 3.05) is 20.6 Å². The molecule has 0 aromatic heterocycles. The molecule has 0 saturated carbocycles. The smallest absolute Gasteiger partial charge is 0.229 e. The molecule has 86 valence electrons. The van der Waals surface area contributed by atoms with E-state index in [-0.39, 0.29) is 11.8 Å². The Morgan fingerprint density at radius 1 is 1.27 bits per heavy atom. The average Bonchev–Trinajstić information content (AvgIpc) is 2.48. The molecule has 1 heterocycles. The fourth-order valence-electron chi connectivity index (χ4n) is 1.68. The van der Waals surface area contributed by atoms with Crippen LogP contribution in [0.2, 0.25) is 0 Å². The summed E-state index contributed by atoms with van der Waals surface area (Å²) in [4.78, 5) is 26.1. The van der Waals surface area contributed by atoms with Crippen LogP contribution in [0.5, 0.6) is 0 Å². The minimum atomic E-state index is -0.00231. The summed E-state index contributed by atoms with van der Waals surface area (Å²) in [5, 5.41) is 0. The van der Waals surface area contributed by atoms with Crippen LogP contribution in [0.3, 0.4) is 0 Å². The second kappa shape index (κ2) is 5.26. The predicted molar refractivity (Wildman–Crippen MR) is 58.3 cm³/mol. The van der Waals surface area contributed by atoms with Gasteiger partial charge in [0.15, 0.2) is 0 Å². The van der Waals surface area contributed by atoms with Crippen LogP contribution in [-0.2, 0) is 9.59 Å². The zero-order valence-electron chi connectivity index (χ0n) is 9.82. The third-order valence-electron chi connectivity index (χ3n) is 3.04. The molecule has 4 nitrogen and oxygen atoms in total. The van der Waals surface area contributed by atoms with Crippen LogP contribution >= 0.6 is 0 Å². The average molecular weight is 212 g/mol. The van der Waals surface area contributed by atoms with Gasteiger partial charge in [-0.3, -0.25) is 14.5 Å². The number of hydrogen-bond donors (Lipinski definition) is 0. The third kappa shape index (κ3) is 3.30. The number of amides is 2. The fourth-order valence-corrected chi connectivity index (χ4v) is 1.68. The van der Waals surface area contributed by atoms with Crippen LogP contribution < -0.4 is 0 Å². The topological polar surface area (TPSA) is 40.6 Å². The van der Waals surface area contributed by atoms with Crippen molar-refractivity contribution in [2.24, 2.45) is 0 Å². The van der Waals surface area contributed by atoms with Crippen LogP contribution in [0.1, 0.15) is 32.6 Å². The molecule has 2 amide bonds. The standard InChI is InChI=1S/C11H20N2O2/c1-9(12(2)3)5-4-8-13-10(14)6-7-11(13)15/h9H,4-8H2,1-3H3. The third-order valence-corrected chi connectivity index (χ3v) is 3.04. The van der Waals surface area contributed by atoms with Crippen molar-refractivity contribution >= 4 is 11.8 Å².